The molecule has 0 saturated carbocycles. The van der Waals surface area contributed by atoms with Crippen molar-refractivity contribution in [3.8, 4) is 0 Å². The van der Waals surface area contributed by atoms with Crippen LogP contribution < -0.4 is 0 Å². The summed E-state index contributed by atoms with van der Waals surface area (Å²) in [4.78, 5) is 0. The van der Waals surface area contributed by atoms with Gasteiger partial charge in [0.05, 0.1) is 0 Å². The molecular formula is CH2F2OS2. The normalized spacial score (nSPS) is 12.0. The van der Waals surface area contributed by atoms with Crippen molar-refractivity contribution in [1.82, 2.24) is 0 Å². The van der Waals surface area contributed by atoms with E-state index in [1.54, 1.807) is 0 Å². The van der Waals surface area contributed by atoms with Gasteiger partial charge in [-0.15, -0.1) is 0 Å². The van der Waals surface area contributed by atoms with Crippen LogP contribution in [0.1, 0.15) is 0 Å². The van der Waals surface area contributed by atoms with Gasteiger partial charge in [-0.25, -0.2) is 4.18 Å². The van der Waals surface area contributed by atoms with Gasteiger partial charge in [0.15, 0.2) is 0 Å². The third-order valence-corrected chi connectivity index (χ3v) is 0.574. The maximum atomic E-state index is 11.0. The van der Waals surface area contributed by atoms with Crippen LogP contribution in [0.4, 0.5) is 8.78 Å². The Balaban J connectivity index is 3.17. The van der Waals surface area contributed by atoms with E-state index in [0.717, 1.165) is 0 Å². The molecule has 0 aromatic heterocycles. The van der Waals surface area contributed by atoms with Crippen molar-refractivity contribution in [3.63, 3.8) is 0 Å². The van der Waals surface area contributed by atoms with Crippen LogP contribution in [-0.4, -0.2) is 5.44 Å². The summed E-state index contributed by atoms with van der Waals surface area (Å²) in [7, 11) is 0. The monoisotopic (exact) mass is 132 g/mol. The predicted octanol–water partition coefficient (Wildman–Crippen LogP) is 1.33. The van der Waals surface area contributed by atoms with E-state index in [4.69, 9.17) is 0 Å². The van der Waals surface area contributed by atoms with Gasteiger partial charge in [0.2, 0.25) is 0 Å². The van der Waals surface area contributed by atoms with Crippen LogP contribution >= 0.6 is 25.5 Å². The predicted molar refractivity (Wildman–Crippen MR) is 24.0 cm³/mol. The number of alkyl halides is 2. The summed E-state index contributed by atoms with van der Waals surface area (Å²) in [6.45, 7) is 0. The Kier molecular flexibility index (Phi) is 2.17. The summed E-state index contributed by atoms with van der Waals surface area (Å²) in [5, 5.41) is 0. The lowest BCUT2D eigenvalue weighted by Crippen LogP contribution is -2.03. The van der Waals surface area contributed by atoms with Crippen molar-refractivity contribution < 1.29 is 13.0 Å². The third-order valence-electron chi connectivity index (χ3n) is 0.110. The Morgan fingerprint density at radius 1 is 1.50 bits per heavy atom. The van der Waals surface area contributed by atoms with Crippen LogP contribution in [0.2, 0.25) is 0 Å². The average molecular weight is 132 g/mol. The van der Waals surface area contributed by atoms with Crippen molar-refractivity contribution in [1.29, 1.82) is 0 Å². The molecule has 0 aliphatic carbocycles. The van der Waals surface area contributed by atoms with E-state index in [0.29, 0.717) is 0 Å². The average Bonchev–Trinajstić information content (AvgIpc) is 1.35. The molecule has 0 aliphatic heterocycles. The van der Waals surface area contributed by atoms with E-state index in [-0.39, 0.29) is 0 Å². The van der Waals surface area contributed by atoms with E-state index >= 15 is 0 Å². The number of hydrogen-bond donors (Lipinski definition) is 2. The first-order chi connectivity index (χ1) is 2.56. The van der Waals surface area contributed by atoms with Crippen LogP contribution in [0.25, 0.3) is 0 Å². The molecule has 0 aromatic carbocycles. The van der Waals surface area contributed by atoms with Crippen molar-refractivity contribution >= 4 is 25.5 Å². The molecule has 0 unspecified atom stereocenters. The van der Waals surface area contributed by atoms with E-state index in [2.05, 4.69) is 29.7 Å². The Bertz CT molecular complexity index is 41.3. The summed E-state index contributed by atoms with van der Waals surface area (Å²) in [5.41, 5.74) is -3.40. The first-order valence-electron chi connectivity index (χ1n) is 0.988. The van der Waals surface area contributed by atoms with Gasteiger partial charge in [0.1, 0.15) is 0 Å². The molecule has 0 fully saturated rings. The number of thiol groups is 2. The zero-order valence-electron chi connectivity index (χ0n) is 2.56. The minimum atomic E-state index is -3.40. The highest BCUT2D eigenvalue weighted by Gasteiger charge is 2.20. The molecule has 0 rings (SSSR count). The highest BCUT2D eigenvalue weighted by Crippen LogP contribution is 2.19. The van der Waals surface area contributed by atoms with E-state index < -0.39 is 5.44 Å². The van der Waals surface area contributed by atoms with Gasteiger partial charge in [-0.05, 0) is 12.9 Å². The zero-order chi connectivity index (χ0) is 5.21. The summed E-state index contributed by atoms with van der Waals surface area (Å²) in [6, 6.07) is 0. The lowest BCUT2D eigenvalue weighted by molar-refractivity contribution is -0.0695. The van der Waals surface area contributed by atoms with Gasteiger partial charge in [-0.3, -0.25) is 0 Å². The van der Waals surface area contributed by atoms with Gasteiger partial charge in [-0.1, -0.05) is 12.6 Å². The Morgan fingerprint density at radius 3 is 1.67 bits per heavy atom. The molecule has 0 N–H and O–H groups in total. The molecule has 1 nitrogen and oxygen atoms in total. The van der Waals surface area contributed by atoms with Crippen LogP contribution in [0.15, 0.2) is 0 Å². The summed E-state index contributed by atoms with van der Waals surface area (Å²) in [5.74, 6) is 0. The molecule has 5 heteroatoms. The molecule has 0 bridgehead atoms. The van der Waals surface area contributed by atoms with Gasteiger partial charge in [-0.2, -0.15) is 8.78 Å². The Hall–Kier alpha value is 0.520. The molecular weight excluding hydrogens is 130 g/mol. The summed E-state index contributed by atoms with van der Waals surface area (Å²) >= 11 is 5.40. The van der Waals surface area contributed by atoms with Gasteiger partial charge in [0, 0.05) is 0 Å². The maximum Gasteiger partial charge on any atom is 0.415 e. The van der Waals surface area contributed by atoms with Crippen LogP contribution in [0.5, 0.6) is 0 Å². The molecule has 0 aromatic rings. The van der Waals surface area contributed by atoms with E-state index in [1.807, 2.05) is 0 Å². The van der Waals surface area contributed by atoms with Crippen molar-refractivity contribution in [2.45, 2.75) is 5.44 Å². The van der Waals surface area contributed by atoms with Crippen LogP contribution in [0, 0.1) is 0 Å². The molecule has 0 saturated heterocycles. The van der Waals surface area contributed by atoms with Crippen molar-refractivity contribution in [2.75, 3.05) is 0 Å². The van der Waals surface area contributed by atoms with Gasteiger partial charge in [0.25, 0.3) is 0 Å². The first kappa shape index (κ1) is 6.52. The van der Waals surface area contributed by atoms with Gasteiger partial charge >= 0.3 is 5.44 Å². The maximum absolute atomic E-state index is 11.0. The topological polar surface area (TPSA) is 9.23 Å². The fourth-order valence-corrected chi connectivity index (χ4v) is 0. The highest BCUT2D eigenvalue weighted by atomic mass is 32.1. The zero-order valence-corrected chi connectivity index (χ0v) is 4.35. The van der Waals surface area contributed by atoms with Crippen molar-refractivity contribution in [3.05, 3.63) is 0 Å². The SMILES string of the molecule is FC(F)(S)OS. The largest absolute Gasteiger partial charge is 0.415 e. The van der Waals surface area contributed by atoms with E-state index in [9.17, 15) is 8.78 Å². The quantitative estimate of drug-likeness (QED) is 0.311. The molecule has 0 aliphatic rings. The first-order valence-corrected chi connectivity index (χ1v) is 1.80. The molecule has 38 valence electrons. The van der Waals surface area contributed by atoms with Crippen molar-refractivity contribution in [2.24, 2.45) is 0 Å². The smallest absolute Gasteiger partial charge is 0.243 e. The molecule has 0 heterocycles. The van der Waals surface area contributed by atoms with E-state index in [1.165, 1.54) is 0 Å². The lowest BCUT2D eigenvalue weighted by Gasteiger charge is -2.00. The van der Waals surface area contributed by atoms with Crippen LogP contribution in [-0.2, 0) is 4.18 Å². The molecule has 0 radical (unpaired) electrons. The fourth-order valence-electron chi connectivity index (χ4n) is 0. The summed E-state index contributed by atoms with van der Waals surface area (Å²) in [6.07, 6.45) is 0. The van der Waals surface area contributed by atoms with Gasteiger partial charge < -0.3 is 0 Å². The number of halogens is 2. The standard InChI is InChI=1S/CH2F2OS2/c2-1(3,5)4-6/h5-6H. The van der Waals surface area contributed by atoms with Crippen LogP contribution in [0.3, 0.4) is 0 Å². The summed E-state index contributed by atoms with van der Waals surface area (Å²) < 4.78 is 25.2. The molecule has 0 amide bonds. The molecule has 0 spiro atoms. The second-order valence-corrected chi connectivity index (χ2v) is 1.28. The number of rotatable bonds is 1. The third kappa shape index (κ3) is 4.52. The molecule has 0 atom stereocenters. The lowest BCUT2D eigenvalue weighted by atomic mass is 11.5. The second-order valence-electron chi connectivity index (χ2n) is 0.577. The fraction of sp³-hybridized carbons (Fsp3) is 1.00. The second kappa shape index (κ2) is 1.99. The molecule has 6 heavy (non-hydrogen) atoms. The Labute approximate surface area is 44.7 Å². The highest BCUT2D eigenvalue weighted by molar-refractivity contribution is 7.82. The Morgan fingerprint density at radius 2 is 1.67 bits per heavy atom. The minimum Gasteiger partial charge on any atom is -0.243 e. The minimum absolute atomic E-state index is 2.62. The number of hydrogen-bond acceptors (Lipinski definition) is 3.